The Hall–Kier alpha value is -2.86. The number of amides is 1. The van der Waals surface area contributed by atoms with Crippen LogP contribution in [0.2, 0.25) is 0 Å². The lowest BCUT2D eigenvalue weighted by molar-refractivity contribution is -0.0615. The number of aromatic nitrogens is 2. The fourth-order valence-corrected chi connectivity index (χ4v) is 3.76. The number of rotatable bonds is 5. The van der Waals surface area contributed by atoms with Crippen molar-refractivity contribution in [3.63, 3.8) is 0 Å². The molecule has 0 saturated carbocycles. The number of hydrogen-bond donors (Lipinski definition) is 1. The van der Waals surface area contributed by atoms with E-state index in [1.807, 2.05) is 48.0 Å². The van der Waals surface area contributed by atoms with E-state index in [1.54, 1.807) is 12.1 Å². The normalized spacial score (nSPS) is 18.5. The average molecular weight is 393 g/mol. The third-order valence-corrected chi connectivity index (χ3v) is 5.26. The molecule has 1 saturated heterocycles. The Morgan fingerprint density at radius 2 is 2.10 bits per heavy atom. The minimum absolute atomic E-state index is 0.0601. The Kier molecular flexibility index (Phi) is 5.28. The summed E-state index contributed by atoms with van der Waals surface area (Å²) in [5.41, 5.74) is 3.37. The largest absolute Gasteiger partial charge is 0.487 e. The van der Waals surface area contributed by atoms with Crippen LogP contribution in [-0.2, 0) is 11.3 Å². The van der Waals surface area contributed by atoms with Gasteiger partial charge < -0.3 is 19.2 Å². The van der Waals surface area contributed by atoms with E-state index in [9.17, 15) is 4.79 Å². The first-order chi connectivity index (χ1) is 13.9. The highest BCUT2D eigenvalue weighted by Crippen LogP contribution is 2.24. The number of carbonyl (C=O) groups excluding carboxylic acids is 1. The maximum atomic E-state index is 12.5. The first kappa shape index (κ1) is 19.5. The molecule has 6 heteroatoms. The molecule has 2 aromatic heterocycles. The number of aryl methyl sites for hydroxylation is 1. The predicted molar refractivity (Wildman–Crippen MR) is 111 cm³/mol. The molecule has 3 heterocycles. The SMILES string of the molecule is Cc1cccn2cc(COc3ccc(C(=O)NC4CCOC(C)(C)C4)cc3)nc12. The van der Waals surface area contributed by atoms with E-state index in [4.69, 9.17) is 9.47 Å². The van der Waals surface area contributed by atoms with Gasteiger partial charge in [-0.3, -0.25) is 4.79 Å². The number of hydrogen-bond acceptors (Lipinski definition) is 4. The van der Waals surface area contributed by atoms with E-state index in [-0.39, 0.29) is 17.6 Å². The summed E-state index contributed by atoms with van der Waals surface area (Å²) in [5, 5.41) is 3.12. The molecule has 3 aromatic rings. The Morgan fingerprint density at radius 1 is 1.31 bits per heavy atom. The highest BCUT2D eigenvalue weighted by molar-refractivity contribution is 5.94. The lowest BCUT2D eigenvalue weighted by Gasteiger charge is -2.35. The Labute approximate surface area is 170 Å². The molecular weight excluding hydrogens is 366 g/mol. The Morgan fingerprint density at radius 3 is 2.83 bits per heavy atom. The van der Waals surface area contributed by atoms with Gasteiger partial charge in [-0.25, -0.2) is 4.98 Å². The van der Waals surface area contributed by atoms with Gasteiger partial charge in [-0.2, -0.15) is 0 Å². The molecule has 0 bridgehead atoms. The molecule has 0 spiro atoms. The molecule has 1 amide bonds. The summed E-state index contributed by atoms with van der Waals surface area (Å²) in [5.74, 6) is 0.651. The number of carbonyl (C=O) groups is 1. The standard InChI is InChI=1S/C23H27N3O3/c1-16-5-4-11-26-14-19(24-21(16)26)15-28-20-8-6-17(7-9-20)22(27)25-18-10-12-29-23(2,3)13-18/h4-9,11,14,18H,10,12-13,15H2,1-3H3,(H,25,27). The lowest BCUT2D eigenvalue weighted by atomic mass is 9.94. The van der Waals surface area contributed by atoms with E-state index < -0.39 is 0 Å². The third kappa shape index (κ3) is 4.59. The Balaban J connectivity index is 1.34. The maximum Gasteiger partial charge on any atom is 0.251 e. The number of fused-ring (bicyclic) bond motifs is 1. The Bertz CT molecular complexity index is 1010. The molecule has 1 aromatic carbocycles. The molecule has 1 unspecified atom stereocenters. The van der Waals surface area contributed by atoms with Gasteiger partial charge >= 0.3 is 0 Å². The van der Waals surface area contributed by atoms with E-state index in [0.717, 1.165) is 29.7 Å². The van der Waals surface area contributed by atoms with E-state index in [0.29, 0.717) is 24.5 Å². The highest BCUT2D eigenvalue weighted by Gasteiger charge is 2.29. The van der Waals surface area contributed by atoms with Crippen molar-refractivity contribution in [3.8, 4) is 5.75 Å². The van der Waals surface area contributed by atoms with E-state index in [2.05, 4.69) is 24.1 Å². The molecule has 29 heavy (non-hydrogen) atoms. The van der Waals surface area contributed by atoms with Crippen LogP contribution in [0.5, 0.6) is 5.75 Å². The number of imidazole rings is 1. The molecule has 1 fully saturated rings. The van der Waals surface area contributed by atoms with Crippen molar-refractivity contribution in [2.75, 3.05) is 6.61 Å². The van der Waals surface area contributed by atoms with Crippen molar-refractivity contribution in [2.24, 2.45) is 0 Å². The zero-order valence-electron chi connectivity index (χ0n) is 17.1. The topological polar surface area (TPSA) is 64.9 Å². The zero-order chi connectivity index (χ0) is 20.4. The predicted octanol–water partition coefficient (Wildman–Crippen LogP) is 3.91. The number of pyridine rings is 1. The van der Waals surface area contributed by atoms with Gasteiger partial charge in [0.15, 0.2) is 0 Å². The summed E-state index contributed by atoms with van der Waals surface area (Å²) in [6.07, 6.45) is 5.61. The van der Waals surface area contributed by atoms with Crippen LogP contribution >= 0.6 is 0 Å². The number of benzene rings is 1. The van der Waals surface area contributed by atoms with Gasteiger partial charge in [0.1, 0.15) is 18.0 Å². The first-order valence-electron chi connectivity index (χ1n) is 10.0. The molecular formula is C23H27N3O3. The number of nitrogens with one attached hydrogen (secondary N) is 1. The van der Waals surface area contributed by atoms with Crippen LogP contribution in [0.3, 0.4) is 0 Å². The molecule has 1 aliphatic rings. The number of ether oxygens (including phenoxy) is 2. The van der Waals surface area contributed by atoms with Crippen LogP contribution in [0.1, 0.15) is 48.3 Å². The van der Waals surface area contributed by atoms with Crippen LogP contribution in [-0.4, -0.2) is 33.5 Å². The van der Waals surface area contributed by atoms with Crippen molar-refractivity contribution in [2.45, 2.75) is 51.9 Å². The molecule has 4 rings (SSSR count). The van der Waals surface area contributed by atoms with Gasteiger partial charge in [-0.15, -0.1) is 0 Å². The van der Waals surface area contributed by atoms with Gasteiger partial charge in [0, 0.05) is 30.6 Å². The summed E-state index contributed by atoms with van der Waals surface area (Å²) >= 11 is 0. The average Bonchev–Trinajstić information content (AvgIpc) is 3.10. The molecule has 1 N–H and O–H groups in total. The summed E-state index contributed by atoms with van der Waals surface area (Å²) in [6.45, 7) is 7.21. The fraction of sp³-hybridized carbons (Fsp3) is 0.391. The van der Waals surface area contributed by atoms with Crippen molar-refractivity contribution in [1.29, 1.82) is 0 Å². The molecule has 152 valence electrons. The van der Waals surface area contributed by atoms with Gasteiger partial charge in [0.05, 0.1) is 11.3 Å². The molecule has 1 atom stereocenters. The van der Waals surface area contributed by atoms with Gasteiger partial charge in [0.25, 0.3) is 5.91 Å². The number of nitrogens with zero attached hydrogens (tertiary/aromatic N) is 2. The van der Waals surface area contributed by atoms with Crippen molar-refractivity contribution in [3.05, 3.63) is 65.6 Å². The van der Waals surface area contributed by atoms with E-state index in [1.165, 1.54) is 0 Å². The van der Waals surface area contributed by atoms with Crippen molar-refractivity contribution < 1.29 is 14.3 Å². The molecule has 1 aliphatic heterocycles. The zero-order valence-corrected chi connectivity index (χ0v) is 17.1. The quantitative estimate of drug-likeness (QED) is 0.714. The molecule has 0 aliphatic carbocycles. The van der Waals surface area contributed by atoms with Crippen LogP contribution in [0.25, 0.3) is 5.65 Å². The minimum atomic E-state index is -0.190. The molecule has 0 radical (unpaired) electrons. The fourth-order valence-electron chi connectivity index (χ4n) is 3.76. The maximum absolute atomic E-state index is 12.5. The van der Waals surface area contributed by atoms with Crippen molar-refractivity contribution in [1.82, 2.24) is 14.7 Å². The third-order valence-electron chi connectivity index (χ3n) is 5.26. The highest BCUT2D eigenvalue weighted by atomic mass is 16.5. The minimum Gasteiger partial charge on any atom is -0.487 e. The first-order valence-corrected chi connectivity index (χ1v) is 10.0. The van der Waals surface area contributed by atoms with Gasteiger partial charge in [-0.05, 0) is 69.5 Å². The van der Waals surface area contributed by atoms with Crippen LogP contribution in [0, 0.1) is 6.92 Å². The monoisotopic (exact) mass is 393 g/mol. The van der Waals surface area contributed by atoms with Crippen LogP contribution in [0.15, 0.2) is 48.8 Å². The van der Waals surface area contributed by atoms with Crippen LogP contribution in [0.4, 0.5) is 0 Å². The van der Waals surface area contributed by atoms with E-state index >= 15 is 0 Å². The smallest absolute Gasteiger partial charge is 0.251 e. The summed E-state index contributed by atoms with van der Waals surface area (Å²) in [4.78, 5) is 17.2. The van der Waals surface area contributed by atoms with Crippen molar-refractivity contribution >= 4 is 11.6 Å². The summed E-state index contributed by atoms with van der Waals surface area (Å²) in [7, 11) is 0. The van der Waals surface area contributed by atoms with Crippen LogP contribution < -0.4 is 10.1 Å². The summed E-state index contributed by atoms with van der Waals surface area (Å²) < 4.78 is 13.6. The lowest BCUT2D eigenvalue weighted by Crippen LogP contribution is -2.45. The van der Waals surface area contributed by atoms with Gasteiger partial charge in [0.2, 0.25) is 0 Å². The second-order valence-corrected chi connectivity index (χ2v) is 8.24. The van der Waals surface area contributed by atoms with Gasteiger partial charge in [-0.1, -0.05) is 6.07 Å². The molecule has 6 nitrogen and oxygen atoms in total. The second-order valence-electron chi connectivity index (χ2n) is 8.24. The second kappa shape index (κ2) is 7.87. The summed E-state index contributed by atoms with van der Waals surface area (Å²) in [6, 6.07) is 11.4.